The third-order valence-electron chi connectivity index (χ3n) is 2.43. The first-order valence-electron chi connectivity index (χ1n) is 5.66. The Morgan fingerprint density at radius 3 is 2.89 bits per heavy atom. The highest BCUT2D eigenvalue weighted by atomic mass is 16.5. The molecule has 0 aliphatic carbocycles. The van der Waals surface area contributed by atoms with Crippen LogP contribution in [0.3, 0.4) is 0 Å². The van der Waals surface area contributed by atoms with Crippen molar-refractivity contribution < 1.29 is 13.9 Å². The molecule has 0 saturated heterocycles. The van der Waals surface area contributed by atoms with E-state index in [1.54, 1.807) is 36.4 Å². The number of nitrogens with zero attached hydrogens (tertiary/aromatic N) is 1. The zero-order valence-corrected chi connectivity index (χ0v) is 10.1. The molecule has 0 fully saturated rings. The Bertz CT molecular complexity index is 621. The maximum Gasteiger partial charge on any atom is 0.331 e. The fraction of sp³-hybridized carbons (Fsp3) is 0.0667. The molecule has 1 aromatic carbocycles. The van der Waals surface area contributed by atoms with Crippen LogP contribution in [0.15, 0.2) is 53.2 Å². The van der Waals surface area contributed by atoms with Gasteiger partial charge in [-0.2, -0.15) is 5.26 Å². The summed E-state index contributed by atoms with van der Waals surface area (Å²) in [5, 5.41) is 8.90. The molecule has 0 spiro atoms. The first-order valence-corrected chi connectivity index (χ1v) is 5.66. The van der Waals surface area contributed by atoms with Crippen molar-refractivity contribution in [2.45, 2.75) is 6.61 Å². The number of benzene rings is 1. The van der Waals surface area contributed by atoms with Crippen LogP contribution in [0, 0.1) is 11.3 Å². The molecule has 0 unspecified atom stereocenters. The van der Waals surface area contributed by atoms with Gasteiger partial charge in [-0.15, -0.1) is 0 Å². The molecule has 1 heterocycles. The van der Waals surface area contributed by atoms with Gasteiger partial charge < -0.3 is 9.15 Å². The zero-order chi connectivity index (χ0) is 13.5. The molecule has 0 saturated carbocycles. The SMILES string of the molecule is N#Cc1ccccc1COC(=O)/C=C/c1ccco1. The van der Waals surface area contributed by atoms with E-state index in [1.165, 1.54) is 18.4 Å². The molecule has 94 valence electrons. The van der Waals surface area contributed by atoms with Crippen LogP contribution in [0.2, 0.25) is 0 Å². The summed E-state index contributed by atoms with van der Waals surface area (Å²) < 4.78 is 10.1. The minimum absolute atomic E-state index is 0.0745. The van der Waals surface area contributed by atoms with E-state index in [0.717, 1.165) is 0 Å². The Balaban J connectivity index is 1.92. The van der Waals surface area contributed by atoms with Crippen molar-refractivity contribution in [3.63, 3.8) is 0 Å². The summed E-state index contributed by atoms with van der Waals surface area (Å²) in [6.45, 7) is 0.0745. The first kappa shape index (κ1) is 12.7. The van der Waals surface area contributed by atoms with E-state index in [2.05, 4.69) is 0 Å². The highest BCUT2D eigenvalue weighted by molar-refractivity contribution is 5.86. The molecule has 0 aliphatic rings. The van der Waals surface area contributed by atoms with Gasteiger partial charge in [0.1, 0.15) is 12.4 Å². The lowest BCUT2D eigenvalue weighted by Crippen LogP contribution is -2.02. The van der Waals surface area contributed by atoms with Crippen LogP contribution >= 0.6 is 0 Å². The summed E-state index contributed by atoms with van der Waals surface area (Å²) in [5.41, 5.74) is 1.19. The monoisotopic (exact) mass is 253 g/mol. The van der Waals surface area contributed by atoms with Crippen molar-refractivity contribution in [2.24, 2.45) is 0 Å². The van der Waals surface area contributed by atoms with Crippen molar-refractivity contribution >= 4 is 12.0 Å². The number of esters is 1. The van der Waals surface area contributed by atoms with E-state index >= 15 is 0 Å². The van der Waals surface area contributed by atoms with Crippen LogP contribution in [-0.4, -0.2) is 5.97 Å². The van der Waals surface area contributed by atoms with E-state index in [9.17, 15) is 4.79 Å². The number of nitriles is 1. The van der Waals surface area contributed by atoms with E-state index in [-0.39, 0.29) is 6.61 Å². The van der Waals surface area contributed by atoms with Gasteiger partial charge in [-0.3, -0.25) is 0 Å². The van der Waals surface area contributed by atoms with Crippen molar-refractivity contribution in [1.82, 2.24) is 0 Å². The lowest BCUT2D eigenvalue weighted by atomic mass is 10.1. The molecule has 1 aromatic heterocycles. The molecule has 0 atom stereocenters. The number of hydrogen-bond acceptors (Lipinski definition) is 4. The second-order valence-electron chi connectivity index (χ2n) is 3.73. The molecule has 2 rings (SSSR count). The van der Waals surface area contributed by atoms with Crippen molar-refractivity contribution in [2.75, 3.05) is 0 Å². The molecule has 0 N–H and O–H groups in total. The standard InChI is InChI=1S/C15H11NO3/c16-10-12-4-1-2-5-13(12)11-19-15(17)8-7-14-6-3-9-18-14/h1-9H,11H2/b8-7+. The number of furan rings is 1. The molecule has 19 heavy (non-hydrogen) atoms. The lowest BCUT2D eigenvalue weighted by Gasteiger charge is -2.03. The summed E-state index contributed by atoms with van der Waals surface area (Å²) in [7, 11) is 0. The second-order valence-corrected chi connectivity index (χ2v) is 3.73. The second kappa shape index (κ2) is 6.22. The van der Waals surface area contributed by atoms with E-state index < -0.39 is 5.97 Å². The average Bonchev–Trinajstić information content (AvgIpc) is 2.96. The van der Waals surface area contributed by atoms with Crippen LogP contribution in [0.1, 0.15) is 16.9 Å². The number of rotatable bonds is 4. The molecule has 0 radical (unpaired) electrons. The highest BCUT2D eigenvalue weighted by Gasteiger charge is 2.03. The van der Waals surface area contributed by atoms with Crippen LogP contribution in [-0.2, 0) is 16.1 Å². The Morgan fingerprint density at radius 2 is 2.16 bits per heavy atom. The lowest BCUT2D eigenvalue weighted by molar-refractivity contribution is -0.138. The van der Waals surface area contributed by atoms with Gasteiger partial charge in [0.25, 0.3) is 0 Å². The topological polar surface area (TPSA) is 63.2 Å². The predicted molar refractivity (Wildman–Crippen MR) is 68.7 cm³/mol. The van der Waals surface area contributed by atoms with Crippen molar-refractivity contribution in [3.8, 4) is 6.07 Å². The van der Waals surface area contributed by atoms with Gasteiger partial charge in [0.2, 0.25) is 0 Å². The fourth-order valence-electron chi connectivity index (χ4n) is 1.49. The molecular weight excluding hydrogens is 242 g/mol. The molecule has 2 aromatic rings. The smallest absolute Gasteiger partial charge is 0.331 e. The Hall–Kier alpha value is -2.80. The van der Waals surface area contributed by atoms with Gasteiger partial charge >= 0.3 is 5.97 Å². The summed E-state index contributed by atoms with van der Waals surface area (Å²) in [6.07, 6.45) is 4.33. The summed E-state index contributed by atoms with van der Waals surface area (Å²) >= 11 is 0. The summed E-state index contributed by atoms with van der Waals surface area (Å²) in [6, 6.07) is 12.5. The predicted octanol–water partition coefficient (Wildman–Crippen LogP) is 2.91. The van der Waals surface area contributed by atoms with Gasteiger partial charge in [-0.25, -0.2) is 4.79 Å². The van der Waals surface area contributed by atoms with E-state index in [4.69, 9.17) is 14.4 Å². The van der Waals surface area contributed by atoms with Crippen LogP contribution < -0.4 is 0 Å². The largest absolute Gasteiger partial charge is 0.465 e. The molecule has 0 amide bonds. The van der Waals surface area contributed by atoms with Gasteiger partial charge in [-0.05, 0) is 24.3 Å². The number of carbonyl (C=O) groups is 1. The summed E-state index contributed by atoms with van der Waals surface area (Å²) in [5.74, 6) is 0.0958. The Morgan fingerprint density at radius 1 is 1.32 bits per heavy atom. The van der Waals surface area contributed by atoms with Gasteiger partial charge in [0.05, 0.1) is 17.9 Å². The summed E-state index contributed by atoms with van der Waals surface area (Å²) in [4.78, 5) is 11.5. The van der Waals surface area contributed by atoms with Crippen molar-refractivity contribution in [3.05, 3.63) is 65.6 Å². The average molecular weight is 253 g/mol. The molecule has 0 aliphatic heterocycles. The zero-order valence-electron chi connectivity index (χ0n) is 10.1. The van der Waals surface area contributed by atoms with Crippen molar-refractivity contribution in [1.29, 1.82) is 5.26 Å². The van der Waals surface area contributed by atoms with E-state index in [0.29, 0.717) is 16.9 Å². The maximum absolute atomic E-state index is 11.5. The minimum atomic E-state index is -0.482. The van der Waals surface area contributed by atoms with Crippen LogP contribution in [0.25, 0.3) is 6.08 Å². The minimum Gasteiger partial charge on any atom is -0.465 e. The Labute approximate surface area is 110 Å². The van der Waals surface area contributed by atoms with E-state index in [1.807, 2.05) is 6.07 Å². The fourth-order valence-corrected chi connectivity index (χ4v) is 1.49. The highest BCUT2D eigenvalue weighted by Crippen LogP contribution is 2.09. The van der Waals surface area contributed by atoms with Crippen LogP contribution in [0.4, 0.5) is 0 Å². The van der Waals surface area contributed by atoms with Gasteiger partial charge in [-0.1, -0.05) is 18.2 Å². The van der Waals surface area contributed by atoms with Crippen LogP contribution in [0.5, 0.6) is 0 Å². The molecule has 4 heteroatoms. The van der Waals surface area contributed by atoms with Gasteiger partial charge in [0.15, 0.2) is 0 Å². The normalized spacial score (nSPS) is 10.3. The Kier molecular flexibility index (Phi) is 4.14. The molecular formula is C15H11NO3. The maximum atomic E-state index is 11.5. The first-order chi connectivity index (χ1) is 9.29. The number of hydrogen-bond donors (Lipinski definition) is 0. The molecule has 0 bridgehead atoms. The number of carbonyl (C=O) groups excluding carboxylic acids is 1. The third kappa shape index (κ3) is 3.58. The number of ether oxygens (including phenoxy) is 1. The quantitative estimate of drug-likeness (QED) is 0.620. The molecule has 4 nitrogen and oxygen atoms in total. The third-order valence-corrected chi connectivity index (χ3v) is 2.43. The van der Waals surface area contributed by atoms with Gasteiger partial charge in [0, 0.05) is 11.6 Å².